The Morgan fingerprint density at radius 1 is 1.00 bits per heavy atom. The maximum absolute atomic E-state index is 12.8. The van der Waals surface area contributed by atoms with Crippen LogP contribution in [-0.4, -0.2) is 32.8 Å². The monoisotopic (exact) mass is 347 g/mol. The zero-order valence-corrected chi connectivity index (χ0v) is 14.2. The van der Waals surface area contributed by atoms with Crippen molar-refractivity contribution >= 4 is 5.91 Å². The summed E-state index contributed by atoms with van der Waals surface area (Å²) in [6, 6.07) is 13.1. The maximum Gasteiger partial charge on any atom is 0.220 e. The van der Waals surface area contributed by atoms with E-state index in [1.165, 1.54) is 12.1 Å². The molecule has 6 heteroatoms. The molecule has 25 heavy (non-hydrogen) atoms. The van der Waals surface area contributed by atoms with E-state index in [0.717, 1.165) is 0 Å². The molecule has 0 saturated heterocycles. The van der Waals surface area contributed by atoms with Crippen molar-refractivity contribution in [2.24, 2.45) is 0 Å². The molecular weight excluding hydrogens is 325 g/mol. The first-order valence-corrected chi connectivity index (χ1v) is 8.10. The van der Waals surface area contributed by atoms with Crippen LogP contribution in [0, 0.1) is 5.82 Å². The molecule has 0 atom stereocenters. The van der Waals surface area contributed by atoms with Gasteiger partial charge in [-0.15, -0.1) is 0 Å². The zero-order valence-electron chi connectivity index (χ0n) is 14.2. The lowest BCUT2D eigenvalue weighted by Crippen LogP contribution is -2.28. The Bertz CT molecular complexity index is 661. The van der Waals surface area contributed by atoms with Gasteiger partial charge in [0.15, 0.2) is 11.5 Å². The van der Waals surface area contributed by atoms with Crippen LogP contribution in [-0.2, 0) is 4.79 Å². The number of hydrogen-bond acceptors (Lipinski definition) is 4. The smallest absolute Gasteiger partial charge is 0.220 e. The molecule has 0 spiro atoms. The van der Waals surface area contributed by atoms with Crippen LogP contribution in [0.15, 0.2) is 48.5 Å². The molecular formula is C19H22FNO4. The van der Waals surface area contributed by atoms with E-state index in [1.807, 2.05) is 24.3 Å². The van der Waals surface area contributed by atoms with Crippen LogP contribution in [0.1, 0.15) is 12.8 Å². The number of para-hydroxylation sites is 2. The van der Waals surface area contributed by atoms with Crippen LogP contribution in [0.5, 0.6) is 17.2 Å². The van der Waals surface area contributed by atoms with Gasteiger partial charge in [0, 0.05) is 6.42 Å². The summed E-state index contributed by atoms with van der Waals surface area (Å²) < 4.78 is 29.0. The maximum atomic E-state index is 12.8. The first-order chi connectivity index (χ1) is 12.2. The molecule has 5 nitrogen and oxygen atoms in total. The third-order valence-electron chi connectivity index (χ3n) is 3.38. The Morgan fingerprint density at radius 2 is 1.72 bits per heavy atom. The van der Waals surface area contributed by atoms with Gasteiger partial charge in [-0.1, -0.05) is 12.1 Å². The minimum Gasteiger partial charge on any atom is -0.494 e. The van der Waals surface area contributed by atoms with Gasteiger partial charge in [-0.3, -0.25) is 4.79 Å². The number of hydrogen-bond donors (Lipinski definition) is 1. The average molecular weight is 347 g/mol. The first kappa shape index (κ1) is 18.6. The Balaban J connectivity index is 1.56. The third kappa shape index (κ3) is 6.71. The van der Waals surface area contributed by atoms with Crippen LogP contribution in [0.3, 0.4) is 0 Å². The number of ether oxygens (including phenoxy) is 3. The van der Waals surface area contributed by atoms with Crippen molar-refractivity contribution in [3.05, 3.63) is 54.3 Å². The highest BCUT2D eigenvalue weighted by atomic mass is 19.1. The molecule has 0 unspecified atom stereocenters. The fourth-order valence-corrected chi connectivity index (χ4v) is 2.13. The van der Waals surface area contributed by atoms with E-state index in [2.05, 4.69) is 5.32 Å². The van der Waals surface area contributed by atoms with Gasteiger partial charge < -0.3 is 19.5 Å². The average Bonchev–Trinajstić information content (AvgIpc) is 2.64. The van der Waals surface area contributed by atoms with Gasteiger partial charge in [-0.05, 0) is 42.8 Å². The Morgan fingerprint density at radius 3 is 2.44 bits per heavy atom. The summed E-state index contributed by atoms with van der Waals surface area (Å²) in [5.74, 6) is 1.53. The van der Waals surface area contributed by atoms with Gasteiger partial charge >= 0.3 is 0 Å². The van der Waals surface area contributed by atoms with E-state index in [9.17, 15) is 9.18 Å². The van der Waals surface area contributed by atoms with Crippen molar-refractivity contribution in [1.82, 2.24) is 5.32 Å². The minimum atomic E-state index is -0.304. The van der Waals surface area contributed by atoms with Gasteiger partial charge in [-0.2, -0.15) is 0 Å². The van der Waals surface area contributed by atoms with Gasteiger partial charge in [0.2, 0.25) is 5.91 Å². The van der Waals surface area contributed by atoms with Crippen molar-refractivity contribution < 1.29 is 23.4 Å². The zero-order chi connectivity index (χ0) is 17.9. The second-order valence-electron chi connectivity index (χ2n) is 5.26. The Labute approximate surface area is 146 Å². The number of amides is 1. The number of benzene rings is 2. The van der Waals surface area contributed by atoms with Crippen LogP contribution in [0.4, 0.5) is 4.39 Å². The number of methoxy groups -OCH3 is 1. The molecule has 0 heterocycles. The summed E-state index contributed by atoms with van der Waals surface area (Å²) in [5, 5.41) is 2.79. The largest absolute Gasteiger partial charge is 0.494 e. The first-order valence-electron chi connectivity index (χ1n) is 8.10. The van der Waals surface area contributed by atoms with E-state index < -0.39 is 0 Å². The van der Waals surface area contributed by atoms with Crippen LogP contribution < -0.4 is 19.5 Å². The normalized spacial score (nSPS) is 10.2. The lowest BCUT2D eigenvalue weighted by Gasteiger charge is -2.11. The van der Waals surface area contributed by atoms with Gasteiger partial charge in [0.05, 0.1) is 20.3 Å². The second-order valence-corrected chi connectivity index (χ2v) is 5.26. The van der Waals surface area contributed by atoms with Crippen molar-refractivity contribution in [3.8, 4) is 17.2 Å². The molecule has 0 aromatic heterocycles. The molecule has 134 valence electrons. The van der Waals surface area contributed by atoms with E-state index in [4.69, 9.17) is 14.2 Å². The number of nitrogens with one attached hydrogen (secondary N) is 1. The Kier molecular flexibility index (Phi) is 7.56. The molecule has 0 fully saturated rings. The highest BCUT2D eigenvalue weighted by Gasteiger charge is 2.04. The van der Waals surface area contributed by atoms with E-state index >= 15 is 0 Å². The molecule has 0 aliphatic heterocycles. The summed E-state index contributed by atoms with van der Waals surface area (Å²) in [5.41, 5.74) is 0. The summed E-state index contributed by atoms with van der Waals surface area (Å²) >= 11 is 0. The number of rotatable bonds is 10. The second kappa shape index (κ2) is 10.2. The molecule has 0 aliphatic rings. The predicted octanol–water partition coefficient (Wildman–Crippen LogP) is 3.19. The van der Waals surface area contributed by atoms with Crippen molar-refractivity contribution in [3.63, 3.8) is 0 Å². The molecule has 2 rings (SSSR count). The lowest BCUT2D eigenvalue weighted by molar-refractivity contribution is -0.121. The van der Waals surface area contributed by atoms with Crippen molar-refractivity contribution in [1.29, 1.82) is 0 Å². The molecule has 2 aromatic carbocycles. The van der Waals surface area contributed by atoms with Crippen molar-refractivity contribution in [2.45, 2.75) is 12.8 Å². The number of halogens is 1. The van der Waals surface area contributed by atoms with Crippen LogP contribution in [0.25, 0.3) is 0 Å². The SMILES string of the molecule is COc1ccccc1OCCNC(=O)CCCOc1ccc(F)cc1. The highest BCUT2D eigenvalue weighted by Crippen LogP contribution is 2.25. The van der Waals surface area contributed by atoms with E-state index in [-0.39, 0.29) is 11.7 Å². The molecule has 0 bridgehead atoms. The summed E-state index contributed by atoms with van der Waals surface area (Å²) in [4.78, 5) is 11.7. The van der Waals surface area contributed by atoms with Gasteiger partial charge in [-0.25, -0.2) is 4.39 Å². The standard InChI is InChI=1S/C19H22FNO4/c1-23-17-5-2-3-6-18(17)25-14-12-21-19(22)7-4-13-24-16-10-8-15(20)9-11-16/h2-3,5-6,8-11H,4,7,12-14H2,1H3,(H,21,22). The van der Waals surface area contributed by atoms with Gasteiger partial charge in [0.25, 0.3) is 0 Å². The molecule has 1 amide bonds. The summed E-state index contributed by atoms with van der Waals surface area (Å²) in [7, 11) is 1.58. The molecule has 0 aliphatic carbocycles. The fourth-order valence-electron chi connectivity index (χ4n) is 2.13. The minimum absolute atomic E-state index is 0.0636. The highest BCUT2D eigenvalue weighted by molar-refractivity contribution is 5.75. The fraction of sp³-hybridized carbons (Fsp3) is 0.316. The number of carbonyl (C=O) groups excluding carboxylic acids is 1. The van der Waals surface area contributed by atoms with Crippen LogP contribution >= 0.6 is 0 Å². The summed E-state index contributed by atoms with van der Waals surface area (Å²) in [6.45, 7) is 1.17. The van der Waals surface area contributed by atoms with E-state index in [0.29, 0.717) is 49.8 Å². The predicted molar refractivity (Wildman–Crippen MR) is 92.6 cm³/mol. The van der Waals surface area contributed by atoms with Crippen LogP contribution in [0.2, 0.25) is 0 Å². The molecule has 0 radical (unpaired) electrons. The number of carbonyl (C=O) groups is 1. The van der Waals surface area contributed by atoms with E-state index in [1.54, 1.807) is 19.2 Å². The Hall–Kier alpha value is -2.76. The lowest BCUT2D eigenvalue weighted by atomic mass is 10.3. The summed E-state index contributed by atoms with van der Waals surface area (Å²) in [6.07, 6.45) is 0.937. The molecule has 1 N–H and O–H groups in total. The third-order valence-corrected chi connectivity index (χ3v) is 3.38. The topological polar surface area (TPSA) is 56.8 Å². The molecule has 0 saturated carbocycles. The molecule has 2 aromatic rings. The van der Waals surface area contributed by atoms with Crippen molar-refractivity contribution in [2.75, 3.05) is 26.9 Å². The van der Waals surface area contributed by atoms with Gasteiger partial charge in [0.1, 0.15) is 18.2 Å². The quantitative estimate of drug-likeness (QED) is 0.671.